The molecule has 24 heavy (non-hydrogen) atoms. The van der Waals surface area contributed by atoms with E-state index in [0.29, 0.717) is 19.7 Å². The van der Waals surface area contributed by atoms with Gasteiger partial charge >= 0.3 is 0 Å². The Balaban J connectivity index is 1.82. The van der Waals surface area contributed by atoms with Crippen molar-refractivity contribution in [1.29, 1.82) is 0 Å². The number of hydrogen-bond donors (Lipinski definition) is 1. The van der Waals surface area contributed by atoms with Crippen molar-refractivity contribution in [3.63, 3.8) is 0 Å². The number of aromatic hydroxyl groups is 1. The Morgan fingerprint density at radius 2 is 1.79 bits per heavy atom. The predicted molar refractivity (Wildman–Crippen MR) is 97.9 cm³/mol. The molecule has 4 rings (SSSR count). The molecule has 1 aliphatic heterocycles. The first-order chi connectivity index (χ1) is 11.6. The normalized spacial score (nSPS) is 12.5. The smallest absolute Gasteiger partial charge is 0.215 e. The van der Waals surface area contributed by atoms with Gasteiger partial charge in [-0.1, -0.05) is 29.8 Å². The SMILES string of the molecule is Oc1c(C=C2N=c3ccccc3=N2)sc(=S)n1-c1cccc(Cl)c1. The van der Waals surface area contributed by atoms with E-state index in [2.05, 4.69) is 9.98 Å². The third-order valence-corrected chi connectivity index (χ3v) is 5.04. The molecule has 0 spiro atoms. The molecule has 118 valence electrons. The second-order valence-electron chi connectivity index (χ2n) is 5.09. The molecule has 3 aromatic rings. The molecule has 2 heterocycles. The van der Waals surface area contributed by atoms with Crippen molar-refractivity contribution in [3.8, 4) is 11.6 Å². The summed E-state index contributed by atoms with van der Waals surface area (Å²) in [6, 6.07) is 14.8. The first kappa shape index (κ1) is 15.3. The Kier molecular flexibility index (Phi) is 3.80. The monoisotopic (exact) mass is 371 g/mol. The lowest BCUT2D eigenvalue weighted by molar-refractivity contribution is 0.441. The van der Waals surface area contributed by atoms with Crippen LogP contribution in [-0.4, -0.2) is 9.67 Å². The van der Waals surface area contributed by atoms with Gasteiger partial charge in [0.1, 0.15) is 0 Å². The quantitative estimate of drug-likeness (QED) is 0.695. The number of fused-ring (bicyclic) bond motifs is 1. The number of rotatable bonds is 2. The zero-order chi connectivity index (χ0) is 16.7. The fraction of sp³-hybridized carbons (Fsp3) is 0. The number of hydrogen-bond acceptors (Lipinski definition) is 5. The molecule has 1 aliphatic rings. The minimum Gasteiger partial charge on any atom is -0.493 e. The molecule has 1 aromatic heterocycles. The molecule has 4 nitrogen and oxygen atoms in total. The maximum atomic E-state index is 10.6. The van der Waals surface area contributed by atoms with Gasteiger partial charge in [-0.25, -0.2) is 9.98 Å². The highest BCUT2D eigenvalue weighted by Crippen LogP contribution is 2.32. The highest BCUT2D eigenvalue weighted by Gasteiger charge is 2.13. The number of benzene rings is 2. The molecule has 7 heteroatoms. The third kappa shape index (κ3) is 2.69. The molecule has 2 aromatic carbocycles. The first-order valence-electron chi connectivity index (χ1n) is 7.07. The van der Waals surface area contributed by atoms with Crippen molar-refractivity contribution in [1.82, 2.24) is 4.57 Å². The summed E-state index contributed by atoms with van der Waals surface area (Å²) in [7, 11) is 0. The zero-order valence-electron chi connectivity index (χ0n) is 12.2. The average Bonchev–Trinajstić information content (AvgIpc) is 3.08. The van der Waals surface area contributed by atoms with Gasteiger partial charge in [0.2, 0.25) is 5.88 Å². The number of nitrogens with zero attached hydrogens (tertiary/aromatic N) is 3. The van der Waals surface area contributed by atoms with E-state index in [4.69, 9.17) is 23.8 Å². The molecule has 0 unspecified atom stereocenters. The second-order valence-corrected chi connectivity index (χ2v) is 7.20. The van der Waals surface area contributed by atoms with Gasteiger partial charge in [-0.05, 0) is 42.5 Å². The first-order valence-corrected chi connectivity index (χ1v) is 8.67. The van der Waals surface area contributed by atoms with E-state index in [0.717, 1.165) is 16.4 Å². The van der Waals surface area contributed by atoms with Crippen LogP contribution in [0.4, 0.5) is 0 Å². The van der Waals surface area contributed by atoms with E-state index in [1.54, 1.807) is 22.8 Å². The molecule has 0 aliphatic carbocycles. The lowest BCUT2D eigenvalue weighted by atomic mass is 10.3. The van der Waals surface area contributed by atoms with Crippen LogP contribution in [0.25, 0.3) is 11.8 Å². The lowest BCUT2D eigenvalue weighted by Gasteiger charge is -2.04. The van der Waals surface area contributed by atoms with E-state index in [1.165, 1.54) is 11.3 Å². The number of para-hydroxylation sites is 2. The molecular formula is C17H10ClN3OS2. The summed E-state index contributed by atoms with van der Waals surface area (Å²) in [5.41, 5.74) is 0.717. The topological polar surface area (TPSA) is 49.9 Å². The highest BCUT2D eigenvalue weighted by molar-refractivity contribution is 7.73. The average molecular weight is 372 g/mol. The molecule has 0 fully saturated rings. The molecule has 0 saturated carbocycles. The van der Waals surface area contributed by atoms with Gasteiger partial charge in [0.15, 0.2) is 9.78 Å². The molecule has 0 bridgehead atoms. The molecule has 0 amide bonds. The number of aromatic nitrogens is 1. The van der Waals surface area contributed by atoms with Crippen molar-refractivity contribution < 1.29 is 5.11 Å². The van der Waals surface area contributed by atoms with Gasteiger partial charge in [-0.2, -0.15) is 0 Å². The summed E-state index contributed by atoms with van der Waals surface area (Å²) in [6.45, 7) is 0. The van der Waals surface area contributed by atoms with E-state index in [9.17, 15) is 5.11 Å². The van der Waals surface area contributed by atoms with Crippen LogP contribution in [0.1, 0.15) is 4.88 Å². The number of thiazole rings is 1. The zero-order valence-corrected chi connectivity index (χ0v) is 14.6. The maximum absolute atomic E-state index is 10.6. The molecule has 0 radical (unpaired) electrons. The largest absolute Gasteiger partial charge is 0.493 e. The Hall–Kier alpha value is -2.28. The summed E-state index contributed by atoms with van der Waals surface area (Å²) in [6.07, 6.45) is 1.73. The van der Waals surface area contributed by atoms with E-state index >= 15 is 0 Å². The van der Waals surface area contributed by atoms with Crippen molar-refractivity contribution in [2.45, 2.75) is 0 Å². The van der Waals surface area contributed by atoms with Gasteiger partial charge in [0, 0.05) is 11.1 Å². The minimum absolute atomic E-state index is 0.0566. The van der Waals surface area contributed by atoms with Crippen LogP contribution in [0.2, 0.25) is 5.02 Å². The highest BCUT2D eigenvalue weighted by atomic mass is 35.5. The summed E-state index contributed by atoms with van der Waals surface area (Å²) in [4.78, 5) is 9.49. The fourth-order valence-corrected chi connectivity index (χ4v) is 3.89. The lowest BCUT2D eigenvalue weighted by Crippen LogP contribution is -2.19. The van der Waals surface area contributed by atoms with Crippen molar-refractivity contribution in [3.05, 3.63) is 78.9 Å². The van der Waals surface area contributed by atoms with Gasteiger partial charge in [-0.3, -0.25) is 4.57 Å². The maximum Gasteiger partial charge on any atom is 0.215 e. The van der Waals surface area contributed by atoms with Crippen LogP contribution >= 0.6 is 35.2 Å². The van der Waals surface area contributed by atoms with Gasteiger partial charge in [0.05, 0.1) is 21.3 Å². The van der Waals surface area contributed by atoms with Crippen molar-refractivity contribution in [2.24, 2.45) is 9.98 Å². The predicted octanol–water partition coefficient (Wildman–Crippen LogP) is 3.88. The summed E-state index contributed by atoms with van der Waals surface area (Å²) in [5, 5.41) is 12.8. The Labute approximate surface area is 151 Å². The van der Waals surface area contributed by atoms with E-state index in [1.807, 2.05) is 36.4 Å². The molecule has 1 N–H and O–H groups in total. The Morgan fingerprint density at radius 3 is 2.46 bits per heavy atom. The van der Waals surface area contributed by atoms with Crippen LogP contribution in [0.3, 0.4) is 0 Å². The third-order valence-electron chi connectivity index (χ3n) is 3.49. The van der Waals surface area contributed by atoms with Crippen molar-refractivity contribution in [2.75, 3.05) is 0 Å². The van der Waals surface area contributed by atoms with Crippen LogP contribution < -0.4 is 10.7 Å². The standard InChI is InChI=1S/C17H10ClN3OS2/c18-10-4-3-5-11(8-10)21-16(22)14(24-17(21)23)9-15-19-12-6-1-2-7-13(12)20-15/h1-9,22H. The van der Waals surface area contributed by atoms with Crippen LogP contribution in [-0.2, 0) is 0 Å². The van der Waals surface area contributed by atoms with Gasteiger partial charge in [-0.15, -0.1) is 11.3 Å². The van der Waals surface area contributed by atoms with E-state index < -0.39 is 0 Å². The summed E-state index contributed by atoms with van der Waals surface area (Å²) < 4.78 is 2.11. The van der Waals surface area contributed by atoms with Gasteiger partial charge in [0.25, 0.3) is 0 Å². The minimum atomic E-state index is 0.0566. The van der Waals surface area contributed by atoms with Crippen molar-refractivity contribution >= 4 is 41.2 Å². The molecular weight excluding hydrogens is 362 g/mol. The number of halogens is 1. The second kappa shape index (κ2) is 5.98. The Morgan fingerprint density at radius 1 is 1.08 bits per heavy atom. The fourth-order valence-electron chi connectivity index (χ4n) is 2.43. The van der Waals surface area contributed by atoms with Crippen LogP contribution in [0.15, 0.2) is 64.3 Å². The summed E-state index contributed by atoms with van der Waals surface area (Å²) in [5.74, 6) is 0.599. The Bertz CT molecular complexity index is 1120. The van der Waals surface area contributed by atoms with Crippen LogP contribution in [0.5, 0.6) is 5.88 Å². The van der Waals surface area contributed by atoms with E-state index in [-0.39, 0.29) is 5.88 Å². The summed E-state index contributed by atoms with van der Waals surface area (Å²) >= 11 is 12.7. The van der Waals surface area contributed by atoms with Crippen LogP contribution in [0, 0.1) is 3.95 Å². The molecule has 0 atom stereocenters. The van der Waals surface area contributed by atoms with Gasteiger partial charge < -0.3 is 5.11 Å². The molecule has 0 saturated heterocycles.